The molecule has 2 atom stereocenters. The second kappa shape index (κ2) is 7.81. The molecule has 4 nitrogen and oxygen atoms in total. The highest BCUT2D eigenvalue weighted by atomic mass is 16.1. The van der Waals surface area contributed by atoms with E-state index < -0.39 is 0 Å². The zero-order valence-electron chi connectivity index (χ0n) is 15.0. The molecule has 0 radical (unpaired) electrons. The number of benzene rings is 2. The molecule has 3 rings (SSSR count). The molecule has 1 aliphatic rings. The lowest BCUT2D eigenvalue weighted by molar-refractivity contribution is -0.120. The van der Waals surface area contributed by atoms with Gasteiger partial charge in [0.25, 0.3) is 0 Å². The Kier molecular flexibility index (Phi) is 5.51. The normalized spacial score (nSPS) is 16.3. The van der Waals surface area contributed by atoms with E-state index in [0.717, 1.165) is 37.3 Å². The summed E-state index contributed by atoms with van der Waals surface area (Å²) in [4.78, 5) is 15.1. The minimum absolute atomic E-state index is 0.0290. The molecule has 0 aromatic heterocycles. The first-order chi connectivity index (χ1) is 12.1. The molecule has 0 spiro atoms. The number of anilines is 1. The summed E-state index contributed by atoms with van der Waals surface area (Å²) < 4.78 is 0. The van der Waals surface area contributed by atoms with Gasteiger partial charge in [-0.1, -0.05) is 56.3 Å². The Bertz CT molecular complexity index is 729. The van der Waals surface area contributed by atoms with Crippen molar-refractivity contribution in [2.45, 2.75) is 39.4 Å². The summed E-state index contributed by atoms with van der Waals surface area (Å²) in [6, 6.07) is 15.6. The SMILES string of the molecule is CCCN1Cc2cccc(NC(=O)C(C)C(N)c3ccccc3)c2C1. The zero-order chi connectivity index (χ0) is 17.8. The van der Waals surface area contributed by atoms with Crippen LogP contribution in [0, 0.1) is 5.92 Å². The van der Waals surface area contributed by atoms with Crippen LogP contribution >= 0.6 is 0 Å². The summed E-state index contributed by atoms with van der Waals surface area (Å²) in [6.45, 7) is 7.03. The number of amides is 1. The third-order valence-corrected chi connectivity index (χ3v) is 4.98. The minimum Gasteiger partial charge on any atom is -0.325 e. The summed E-state index contributed by atoms with van der Waals surface area (Å²) in [5.74, 6) is -0.329. The van der Waals surface area contributed by atoms with Gasteiger partial charge in [0.1, 0.15) is 0 Å². The van der Waals surface area contributed by atoms with Crippen LogP contribution in [0.25, 0.3) is 0 Å². The highest BCUT2D eigenvalue weighted by Gasteiger charge is 2.25. The van der Waals surface area contributed by atoms with Gasteiger partial charge >= 0.3 is 0 Å². The van der Waals surface area contributed by atoms with Crippen molar-refractivity contribution < 1.29 is 4.79 Å². The number of nitrogens with zero attached hydrogens (tertiary/aromatic N) is 1. The van der Waals surface area contributed by atoms with Crippen LogP contribution in [0.3, 0.4) is 0 Å². The molecule has 4 heteroatoms. The number of rotatable bonds is 6. The van der Waals surface area contributed by atoms with Crippen LogP contribution in [0.1, 0.15) is 43.0 Å². The van der Waals surface area contributed by atoms with E-state index in [4.69, 9.17) is 5.73 Å². The smallest absolute Gasteiger partial charge is 0.229 e. The lowest BCUT2D eigenvalue weighted by Gasteiger charge is -2.21. The third kappa shape index (κ3) is 3.91. The van der Waals surface area contributed by atoms with E-state index in [0.29, 0.717) is 0 Å². The van der Waals surface area contributed by atoms with Gasteiger partial charge in [-0.05, 0) is 35.7 Å². The van der Waals surface area contributed by atoms with Gasteiger partial charge in [-0.25, -0.2) is 0 Å². The lowest BCUT2D eigenvalue weighted by Crippen LogP contribution is -2.30. The summed E-state index contributed by atoms with van der Waals surface area (Å²) in [5.41, 5.74) is 10.8. The maximum absolute atomic E-state index is 12.7. The van der Waals surface area contributed by atoms with Crippen molar-refractivity contribution >= 4 is 11.6 Å². The molecular weight excluding hydrogens is 310 g/mol. The maximum Gasteiger partial charge on any atom is 0.229 e. The van der Waals surface area contributed by atoms with Crippen LogP contribution in [0.4, 0.5) is 5.69 Å². The summed E-state index contributed by atoms with van der Waals surface area (Å²) in [6.07, 6.45) is 1.14. The molecule has 2 aromatic rings. The average Bonchev–Trinajstić information content (AvgIpc) is 3.05. The van der Waals surface area contributed by atoms with Gasteiger partial charge in [0.15, 0.2) is 0 Å². The minimum atomic E-state index is -0.311. The van der Waals surface area contributed by atoms with Gasteiger partial charge in [0, 0.05) is 24.8 Å². The van der Waals surface area contributed by atoms with Gasteiger partial charge in [0.05, 0.1) is 5.92 Å². The summed E-state index contributed by atoms with van der Waals surface area (Å²) in [5, 5.41) is 3.11. The Morgan fingerprint density at radius 3 is 2.64 bits per heavy atom. The first-order valence-corrected chi connectivity index (χ1v) is 9.04. The van der Waals surface area contributed by atoms with Gasteiger partial charge in [0.2, 0.25) is 5.91 Å². The Balaban J connectivity index is 1.71. The Morgan fingerprint density at radius 1 is 1.16 bits per heavy atom. The Labute approximate surface area is 150 Å². The fourth-order valence-corrected chi connectivity index (χ4v) is 3.45. The van der Waals surface area contributed by atoms with Gasteiger partial charge in [-0.2, -0.15) is 0 Å². The Morgan fingerprint density at radius 2 is 1.92 bits per heavy atom. The molecule has 3 N–H and O–H groups in total. The number of nitrogens with two attached hydrogens (primary N) is 1. The van der Waals surface area contributed by atoms with Crippen LogP contribution in [-0.2, 0) is 17.9 Å². The molecule has 1 aliphatic heterocycles. The second-order valence-electron chi connectivity index (χ2n) is 6.87. The average molecular weight is 337 g/mol. The molecule has 2 aromatic carbocycles. The van der Waals surface area contributed by atoms with Crippen LogP contribution in [0.5, 0.6) is 0 Å². The number of carbonyl (C=O) groups is 1. The fourth-order valence-electron chi connectivity index (χ4n) is 3.45. The van der Waals surface area contributed by atoms with E-state index >= 15 is 0 Å². The Hall–Kier alpha value is -2.17. The van der Waals surface area contributed by atoms with Crippen molar-refractivity contribution in [1.82, 2.24) is 4.90 Å². The number of hydrogen-bond donors (Lipinski definition) is 2. The van der Waals surface area contributed by atoms with Crippen LogP contribution < -0.4 is 11.1 Å². The monoisotopic (exact) mass is 337 g/mol. The standard InChI is InChI=1S/C21H27N3O/c1-3-12-24-13-17-10-7-11-19(18(17)14-24)23-21(25)15(2)20(22)16-8-5-4-6-9-16/h4-11,15,20H,3,12-14,22H2,1-2H3,(H,23,25). The van der Waals surface area contributed by atoms with Crippen LogP contribution in [0.2, 0.25) is 0 Å². The predicted octanol–water partition coefficient (Wildman–Crippen LogP) is 3.69. The van der Waals surface area contributed by atoms with E-state index in [2.05, 4.69) is 23.2 Å². The van der Waals surface area contributed by atoms with Gasteiger partial charge < -0.3 is 11.1 Å². The molecule has 1 heterocycles. The van der Waals surface area contributed by atoms with E-state index in [1.54, 1.807) is 0 Å². The van der Waals surface area contributed by atoms with Crippen molar-refractivity contribution in [1.29, 1.82) is 0 Å². The van der Waals surface area contributed by atoms with Crippen molar-refractivity contribution in [2.24, 2.45) is 11.7 Å². The molecule has 0 saturated carbocycles. The zero-order valence-corrected chi connectivity index (χ0v) is 15.0. The molecule has 0 bridgehead atoms. The first-order valence-electron chi connectivity index (χ1n) is 9.04. The molecule has 0 saturated heterocycles. The number of fused-ring (bicyclic) bond motifs is 1. The quantitative estimate of drug-likeness (QED) is 0.845. The van der Waals surface area contributed by atoms with Crippen molar-refractivity contribution in [3.8, 4) is 0 Å². The topological polar surface area (TPSA) is 58.4 Å². The van der Waals surface area contributed by atoms with Gasteiger partial charge in [-0.15, -0.1) is 0 Å². The predicted molar refractivity (Wildman–Crippen MR) is 102 cm³/mol. The number of carbonyl (C=O) groups excluding carboxylic acids is 1. The van der Waals surface area contributed by atoms with E-state index in [1.807, 2.05) is 49.4 Å². The molecular formula is C21H27N3O. The van der Waals surface area contributed by atoms with E-state index in [9.17, 15) is 4.79 Å². The molecule has 2 unspecified atom stereocenters. The molecule has 1 amide bonds. The van der Waals surface area contributed by atoms with Crippen LogP contribution in [-0.4, -0.2) is 17.4 Å². The highest BCUT2D eigenvalue weighted by molar-refractivity contribution is 5.93. The highest BCUT2D eigenvalue weighted by Crippen LogP contribution is 2.30. The number of nitrogens with one attached hydrogen (secondary N) is 1. The first kappa shape index (κ1) is 17.6. The van der Waals surface area contributed by atoms with Gasteiger partial charge in [-0.3, -0.25) is 9.69 Å². The van der Waals surface area contributed by atoms with Crippen molar-refractivity contribution in [3.05, 3.63) is 65.2 Å². The molecule has 132 valence electrons. The molecule has 0 fully saturated rings. The van der Waals surface area contributed by atoms with Crippen LogP contribution in [0.15, 0.2) is 48.5 Å². The second-order valence-corrected chi connectivity index (χ2v) is 6.87. The third-order valence-electron chi connectivity index (χ3n) is 4.98. The molecule has 25 heavy (non-hydrogen) atoms. The largest absolute Gasteiger partial charge is 0.325 e. The van der Waals surface area contributed by atoms with E-state index in [1.165, 1.54) is 11.1 Å². The molecule has 0 aliphatic carbocycles. The summed E-state index contributed by atoms with van der Waals surface area (Å²) >= 11 is 0. The number of hydrogen-bond acceptors (Lipinski definition) is 3. The van der Waals surface area contributed by atoms with E-state index in [-0.39, 0.29) is 17.9 Å². The summed E-state index contributed by atoms with van der Waals surface area (Å²) in [7, 11) is 0. The fraction of sp³-hybridized carbons (Fsp3) is 0.381. The maximum atomic E-state index is 12.7. The van der Waals surface area contributed by atoms with Crippen molar-refractivity contribution in [2.75, 3.05) is 11.9 Å². The lowest BCUT2D eigenvalue weighted by atomic mass is 9.94. The van der Waals surface area contributed by atoms with Crippen molar-refractivity contribution in [3.63, 3.8) is 0 Å².